The number of nitrogens with one attached hydrogen (secondary N) is 5. The average molecular weight is 759 g/mol. The summed E-state index contributed by atoms with van der Waals surface area (Å²) < 4.78 is 0. The van der Waals surface area contributed by atoms with Gasteiger partial charge in [0.15, 0.2) is 5.96 Å². The molecule has 0 heterocycles. The lowest BCUT2D eigenvalue weighted by Gasteiger charge is -2.29. The number of aliphatic hydroxyl groups excluding tert-OH is 1. The SMILES string of the molecule is CC(C)[C@H](NC(=O)[C@@H](NC(=O)[C@H](CCCCN)NC(=O)[C@@H](N)CCCN=C(N)N)[C@@H](C)O)C(=O)N[C@@H](CCCCN)C(=O)N[C@@H](CCCCN)C(=O)O. The Morgan fingerprint density at radius 1 is 0.566 bits per heavy atom. The maximum atomic E-state index is 13.6. The number of hydrogen-bond acceptors (Lipinski definition) is 12. The summed E-state index contributed by atoms with van der Waals surface area (Å²) in [5.41, 5.74) is 33.4. The highest BCUT2D eigenvalue weighted by atomic mass is 16.4. The van der Waals surface area contributed by atoms with Crippen molar-refractivity contribution in [3.63, 3.8) is 0 Å². The van der Waals surface area contributed by atoms with Gasteiger partial charge in [-0.15, -0.1) is 0 Å². The van der Waals surface area contributed by atoms with Gasteiger partial charge in [-0.2, -0.15) is 0 Å². The smallest absolute Gasteiger partial charge is 0.326 e. The summed E-state index contributed by atoms with van der Waals surface area (Å²) in [5, 5.41) is 32.9. The van der Waals surface area contributed by atoms with Gasteiger partial charge in [0.2, 0.25) is 29.5 Å². The number of hydrogen-bond donors (Lipinski definition) is 13. The second kappa shape index (κ2) is 27.5. The van der Waals surface area contributed by atoms with Crippen molar-refractivity contribution >= 4 is 41.5 Å². The van der Waals surface area contributed by atoms with E-state index in [1.54, 1.807) is 13.8 Å². The predicted molar refractivity (Wildman–Crippen MR) is 200 cm³/mol. The number of nitrogens with two attached hydrogens (primary N) is 6. The molecule has 53 heavy (non-hydrogen) atoms. The summed E-state index contributed by atoms with van der Waals surface area (Å²) >= 11 is 0. The van der Waals surface area contributed by atoms with Crippen molar-refractivity contribution in [2.45, 2.75) is 134 Å². The van der Waals surface area contributed by atoms with Crippen LogP contribution in [0.15, 0.2) is 4.99 Å². The third kappa shape index (κ3) is 20.6. The maximum Gasteiger partial charge on any atom is 0.326 e. The van der Waals surface area contributed by atoms with Crippen molar-refractivity contribution in [2.24, 2.45) is 45.3 Å². The Balaban J connectivity index is 5.93. The lowest BCUT2D eigenvalue weighted by atomic mass is 10.00. The van der Waals surface area contributed by atoms with E-state index in [2.05, 4.69) is 31.6 Å². The molecule has 0 aromatic carbocycles. The van der Waals surface area contributed by atoms with Gasteiger partial charge in [0.25, 0.3) is 0 Å². The quantitative estimate of drug-likeness (QED) is 0.0198. The minimum Gasteiger partial charge on any atom is -0.480 e. The van der Waals surface area contributed by atoms with Gasteiger partial charge in [0, 0.05) is 6.54 Å². The maximum absolute atomic E-state index is 13.6. The standard InChI is InChI=1S/C33H66N12O8/c1-19(2)25(30(50)42-22(12-4-7-15-34)28(48)43-24(32(52)53)14-6-9-17-36)44-31(51)26(20(3)46)45-29(49)23(13-5-8-16-35)41-27(47)21(37)11-10-18-40-33(38)39/h19-26,46H,4-18,34-37H2,1-3H3,(H,41,47)(H,42,50)(H,43,48)(H,44,51)(H,45,49)(H,52,53)(H4,38,39,40)/t20-,21+,22+,23+,24+,25+,26+/m1/s1. The van der Waals surface area contributed by atoms with Gasteiger partial charge in [0.05, 0.1) is 12.1 Å². The molecule has 0 saturated heterocycles. The molecule has 0 aliphatic rings. The molecule has 0 unspecified atom stereocenters. The number of aliphatic hydroxyl groups is 1. The Morgan fingerprint density at radius 3 is 1.42 bits per heavy atom. The largest absolute Gasteiger partial charge is 0.480 e. The number of rotatable bonds is 29. The summed E-state index contributed by atoms with van der Waals surface area (Å²) in [4.78, 5) is 82.4. The number of carboxylic acids is 1. The van der Waals surface area contributed by atoms with Crippen LogP contribution in [-0.4, -0.2) is 120 Å². The van der Waals surface area contributed by atoms with Crippen LogP contribution < -0.4 is 61.0 Å². The van der Waals surface area contributed by atoms with Gasteiger partial charge in [-0.25, -0.2) is 4.79 Å². The Morgan fingerprint density at radius 2 is 0.981 bits per heavy atom. The average Bonchev–Trinajstić information content (AvgIpc) is 3.09. The van der Waals surface area contributed by atoms with Crippen LogP contribution in [0.5, 0.6) is 0 Å². The second-order valence-corrected chi connectivity index (χ2v) is 13.4. The van der Waals surface area contributed by atoms with Crippen LogP contribution in [0.4, 0.5) is 0 Å². The van der Waals surface area contributed by atoms with E-state index in [-0.39, 0.29) is 38.2 Å². The van der Waals surface area contributed by atoms with E-state index in [0.29, 0.717) is 64.6 Å². The molecule has 0 saturated carbocycles. The molecule has 5 amide bonds. The van der Waals surface area contributed by atoms with Crippen molar-refractivity contribution < 1.29 is 39.0 Å². The minimum atomic E-state index is -1.55. The van der Waals surface area contributed by atoms with E-state index in [1.165, 1.54) is 6.92 Å². The monoisotopic (exact) mass is 759 g/mol. The fourth-order valence-corrected chi connectivity index (χ4v) is 5.17. The zero-order valence-corrected chi connectivity index (χ0v) is 31.5. The van der Waals surface area contributed by atoms with Crippen molar-refractivity contribution in [3.05, 3.63) is 0 Å². The molecule has 0 aliphatic carbocycles. The van der Waals surface area contributed by atoms with E-state index >= 15 is 0 Å². The highest BCUT2D eigenvalue weighted by Crippen LogP contribution is 2.10. The summed E-state index contributed by atoms with van der Waals surface area (Å²) in [7, 11) is 0. The predicted octanol–water partition coefficient (Wildman–Crippen LogP) is -3.70. The molecule has 7 atom stereocenters. The number of nitrogens with zero attached hydrogens (tertiary/aromatic N) is 1. The van der Waals surface area contributed by atoms with Gasteiger partial charge >= 0.3 is 5.97 Å². The number of amides is 5. The number of guanidine groups is 1. The molecule has 19 N–H and O–H groups in total. The van der Waals surface area contributed by atoms with E-state index in [9.17, 15) is 39.0 Å². The summed E-state index contributed by atoms with van der Waals surface area (Å²) in [5.74, 6) is -5.61. The number of carbonyl (C=O) groups is 6. The van der Waals surface area contributed by atoms with Crippen LogP contribution in [0.25, 0.3) is 0 Å². The number of carbonyl (C=O) groups excluding carboxylic acids is 5. The van der Waals surface area contributed by atoms with E-state index in [0.717, 1.165) is 0 Å². The Hall–Kier alpha value is -4.11. The zero-order valence-electron chi connectivity index (χ0n) is 31.5. The van der Waals surface area contributed by atoms with Crippen molar-refractivity contribution in [1.82, 2.24) is 26.6 Å². The summed E-state index contributed by atoms with van der Waals surface area (Å²) in [6, 6.07) is -7.24. The fraction of sp³-hybridized carbons (Fsp3) is 0.788. The van der Waals surface area contributed by atoms with Crippen molar-refractivity contribution in [2.75, 3.05) is 26.2 Å². The van der Waals surface area contributed by atoms with Crippen LogP contribution in [0.1, 0.15) is 91.4 Å². The number of carboxylic acid groups (broad SMARTS) is 1. The molecule has 306 valence electrons. The highest BCUT2D eigenvalue weighted by molar-refractivity contribution is 5.96. The molecule has 0 aliphatic heterocycles. The molecule has 20 nitrogen and oxygen atoms in total. The molecule has 0 radical (unpaired) electrons. The molecule has 0 fully saturated rings. The lowest BCUT2D eigenvalue weighted by molar-refractivity contribution is -0.142. The summed E-state index contributed by atoms with van der Waals surface area (Å²) in [6.45, 7) is 5.86. The van der Waals surface area contributed by atoms with Crippen LogP contribution in [0.2, 0.25) is 0 Å². The van der Waals surface area contributed by atoms with E-state index < -0.39 is 83.8 Å². The second-order valence-electron chi connectivity index (χ2n) is 13.4. The number of aliphatic imine (C=N–C) groups is 1. The first kappa shape index (κ1) is 48.9. The normalized spacial score (nSPS) is 15.1. The zero-order chi connectivity index (χ0) is 40.5. The number of aliphatic carboxylic acids is 1. The first-order valence-electron chi connectivity index (χ1n) is 18.3. The molecule has 0 aromatic heterocycles. The Kier molecular flexibility index (Phi) is 25.4. The van der Waals surface area contributed by atoms with Gasteiger partial charge in [-0.1, -0.05) is 13.8 Å². The van der Waals surface area contributed by atoms with Crippen LogP contribution >= 0.6 is 0 Å². The summed E-state index contributed by atoms with van der Waals surface area (Å²) in [6.07, 6.45) is 2.66. The first-order valence-corrected chi connectivity index (χ1v) is 18.3. The van der Waals surface area contributed by atoms with Gasteiger partial charge in [-0.05, 0) is 103 Å². The van der Waals surface area contributed by atoms with Gasteiger partial charge in [-0.3, -0.25) is 29.0 Å². The van der Waals surface area contributed by atoms with Crippen LogP contribution in [0, 0.1) is 5.92 Å². The van der Waals surface area contributed by atoms with Gasteiger partial charge < -0.3 is 71.2 Å². The lowest BCUT2D eigenvalue weighted by Crippen LogP contribution is -2.62. The molecule has 0 bridgehead atoms. The molecule has 0 rings (SSSR count). The Labute approximate surface area is 312 Å². The van der Waals surface area contributed by atoms with Crippen LogP contribution in [-0.2, 0) is 28.8 Å². The molecular weight excluding hydrogens is 692 g/mol. The topological polar surface area (TPSA) is 372 Å². The van der Waals surface area contributed by atoms with Gasteiger partial charge in [0.1, 0.15) is 30.2 Å². The first-order chi connectivity index (χ1) is 25.0. The third-order valence-corrected chi connectivity index (χ3v) is 8.34. The molecular formula is C33H66N12O8. The molecule has 0 aromatic rings. The van der Waals surface area contributed by atoms with Crippen molar-refractivity contribution in [1.29, 1.82) is 0 Å². The minimum absolute atomic E-state index is 0.0948. The highest BCUT2D eigenvalue weighted by Gasteiger charge is 2.35. The van der Waals surface area contributed by atoms with Crippen molar-refractivity contribution in [3.8, 4) is 0 Å². The molecule has 20 heteroatoms. The van der Waals surface area contributed by atoms with Crippen LogP contribution in [0.3, 0.4) is 0 Å². The third-order valence-electron chi connectivity index (χ3n) is 8.34. The van der Waals surface area contributed by atoms with E-state index in [4.69, 9.17) is 34.4 Å². The number of unbranched alkanes of at least 4 members (excludes halogenated alkanes) is 3. The Bertz CT molecular complexity index is 1170. The fourth-order valence-electron chi connectivity index (χ4n) is 5.17. The van der Waals surface area contributed by atoms with E-state index in [1.807, 2.05) is 0 Å². The molecule has 0 spiro atoms.